The second-order valence-corrected chi connectivity index (χ2v) is 4.33. The maximum atomic E-state index is 11.8. The van der Waals surface area contributed by atoms with E-state index >= 15 is 0 Å². The average Bonchev–Trinajstić information content (AvgIpc) is 2.78. The first kappa shape index (κ1) is 12.3. The minimum Gasteiger partial charge on any atom is -0.375 e. The second-order valence-electron chi connectivity index (χ2n) is 3.94. The fraction of sp³-hybridized carbons (Fsp3) is 0.545. The van der Waals surface area contributed by atoms with Crippen LogP contribution < -0.4 is 0 Å². The maximum absolute atomic E-state index is 11.8. The molecule has 1 aromatic heterocycles. The monoisotopic (exact) mass is 255 g/mol. The Bertz CT molecular complexity index is 413. The summed E-state index contributed by atoms with van der Waals surface area (Å²) in [5.41, 5.74) is 0.749. The Labute approximate surface area is 105 Å². The molecule has 6 heteroatoms. The number of aromatic nitrogens is 2. The third kappa shape index (κ3) is 2.73. The summed E-state index contributed by atoms with van der Waals surface area (Å²) >= 11 is 5.81. The number of carbonyl (C=O) groups excluding carboxylic acids is 1. The molecule has 5 nitrogen and oxygen atoms in total. The van der Waals surface area contributed by atoms with Crippen LogP contribution in [0.2, 0.25) is 5.15 Å². The van der Waals surface area contributed by atoms with Crippen LogP contribution in [-0.2, 0) is 9.53 Å². The number of hydrogen-bond acceptors (Lipinski definition) is 4. The molecule has 1 aliphatic rings. The molecule has 0 radical (unpaired) electrons. The van der Waals surface area contributed by atoms with Gasteiger partial charge in [0.25, 0.3) is 0 Å². The molecule has 0 N–H and O–H groups in total. The van der Waals surface area contributed by atoms with Gasteiger partial charge in [0.2, 0.25) is 5.91 Å². The zero-order valence-corrected chi connectivity index (χ0v) is 10.4. The van der Waals surface area contributed by atoms with E-state index in [1.54, 1.807) is 11.1 Å². The van der Waals surface area contributed by atoms with Crippen LogP contribution in [-0.4, -0.2) is 41.0 Å². The van der Waals surface area contributed by atoms with Gasteiger partial charge in [-0.15, -0.1) is 0 Å². The molecule has 0 aliphatic carbocycles. The number of ether oxygens (including phenoxy) is 1. The number of halogens is 1. The van der Waals surface area contributed by atoms with Crippen LogP contribution in [0.3, 0.4) is 0 Å². The third-order valence-corrected chi connectivity index (χ3v) is 2.99. The molecule has 2 heterocycles. The lowest BCUT2D eigenvalue weighted by Gasteiger charge is -2.23. The molecule has 92 valence electrons. The van der Waals surface area contributed by atoms with Gasteiger partial charge in [-0.3, -0.25) is 9.78 Å². The largest absolute Gasteiger partial charge is 0.375 e. The predicted molar refractivity (Wildman–Crippen MR) is 62.6 cm³/mol. The Balaban J connectivity index is 2.17. The highest BCUT2D eigenvalue weighted by Crippen LogP contribution is 2.30. The highest BCUT2D eigenvalue weighted by atomic mass is 35.5. The molecule has 0 aromatic carbocycles. The van der Waals surface area contributed by atoms with Crippen molar-refractivity contribution in [3.05, 3.63) is 23.2 Å². The normalized spacial score (nSPS) is 19.6. The zero-order valence-electron chi connectivity index (χ0n) is 9.60. The molecule has 1 saturated heterocycles. The van der Waals surface area contributed by atoms with E-state index in [2.05, 4.69) is 9.97 Å². The van der Waals surface area contributed by atoms with Crippen molar-refractivity contribution in [2.75, 3.05) is 20.3 Å². The molecule has 1 aromatic rings. The molecule has 1 aliphatic heterocycles. The molecular weight excluding hydrogens is 242 g/mol. The average molecular weight is 256 g/mol. The van der Waals surface area contributed by atoms with E-state index in [0.29, 0.717) is 5.15 Å². The van der Waals surface area contributed by atoms with E-state index in [9.17, 15) is 4.79 Å². The molecule has 0 saturated carbocycles. The fourth-order valence-electron chi connectivity index (χ4n) is 2.10. The molecule has 0 unspecified atom stereocenters. The number of rotatable bonds is 3. The molecule has 17 heavy (non-hydrogen) atoms. The van der Waals surface area contributed by atoms with E-state index in [1.807, 2.05) is 0 Å². The van der Waals surface area contributed by atoms with E-state index in [0.717, 1.165) is 25.1 Å². The zero-order chi connectivity index (χ0) is 12.3. The second kappa shape index (κ2) is 5.42. The van der Waals surface area contributed by atoms with Crippen molar-refractivity contribution in [2.45, 2.75) is 18.9 Å². The van der Waals surface area contributed by atoms with Gasteiger partial charge < -0.3 is 9.64 Å². The quantitative estimate of drug-likeness (QED) is 0.820. The Morgan fingerprint density at radius 2 is 2.47 bits per heavy atom. The van der Waals surface area contributed by atoms with Crippen LogP contribution in [0, 0.1) is 0 Å². The summed E-state index contributed by atoms with van der Waals surface area (Å²) in [5.74, 6) is -0.0169. The lowest BCUT2D eigenvalue weighted by atomic mass is 10.1. The lowest BCUT2D eigenvalue weighted by molar-refractivity contribution is -0.136. The van der Waals surface area contributed by atoms with E-state index < -0.39 is 0 Å². The van der Waals surface area contributed by atoms with E-state index in [1.165, 1.54) is 13.3 Å². The molecule has 1 atom stereocenters. The van der Waals surface area contributed by atoms with Crippen LogP contribution in [0.15, 0.2) is 12.4 Å². The van der Waals surface area contributed by atoms with Gasteiger partial charge in [0.15, 0.2) is 0 Å². The van der Waals surface area contributed by atoms with Gasteiger partial charge in [-0.05, 0) is 12.8 Å². The van der Waals surface area contributed by atoms with Crippen molar-refractivity contribution in [1.29, 1.82) is 0 Å². The third-order valence-electron chi connectivity index (χ3n) is 2.81. The highest BCUT2D eigenvalue weighted by Gasteiger charge is 2.30. The predicted octanol–water partition coefficient (Wildman–Crippen LogP) is 1.44. The SMILES string of the molecule is COCC(=O)N1CCC[C@H]1c1cncc(Cl)n1. The lowest BCUT2D eigenvalue weighted by Crippen LogP contribution is -2.33. The standard InChI is InChI=1S/C11H14ClN3O2/c1-17-7-11(16)15-4-2-3-9(15)8-5-13-6-10(12)14-8/h5-6,9H,2-4,7H2,1H3/t9-/m0/s1. The summed E-state index contributed by atoms with van der Waals surface area (Å²) in [4.78, 5) is 21.8. The summed E-state index contributed by atoms with van der Waals surface area (Å²) < 4.78 is 4.87. The van der Waals surface area contributed by atoms with Crippen molar-refractivity contribution in [1.82, 2.24) is 14.9 Å². The minimum atomic E-state index is -0.0242. The van der Waals surface area contributed by atoms with Gasteiger partial charge in [-0.25, -0.2) is 4.98 Å². The van der Waals surface area contributed by atoms with Crippen LogP contribution in [0.5, 0.6) is 0 Å². The Morgan fingerprint density at radius 1 is 1.65 bits per heavy atom. The van der Waals surface area contributed by atoms with Gasteiger partial charge in [-0.1, -0.05) is 11.6 Å². The van der Waals surface area contributed by atoms with Crippen LogP contribution in [0.25, 0.3) is 0 Å². The van der Waals surface area contributed by atoms with Crippen molar-refractivity contribution < 1.29 is 9.53 Å². The summed E-state index contributed by atoms with van der Waals surface area (Å²) in [7, 11) is 1.52. The number of likely N-dealkylation sites (tertiary alicyclic amines) is 1. The summed E-state index contributed by atoms with van der Waals surface area (Å²) in [6.45, 7) is 0.839. The van der Waals surface area contributed by atoms with Crippen LogP contribution in [0.1, 0.15) is 24.6 Å². The molecule has 1 amide bonds. The number of carbonyl (C=O) groups is 1. The highest BCUT2D eigenvalue weighted by molar-refractivity contribution is 6.29. The van der Waals surface area contributed by atoms with Crippen molar-refractivity contribution in [3.63, 3.8) is 0 Å². The molecular formula is C11H14ClN3O2. The van der Waals surface area contributed by atoms with Crippen molar-refractivity contribution >= 4 is 17.5 Å². The number of methoxy groups -OCH3 is 1. The van der Waals surface area contributed by atoms with Crippen LogP contribution >= 0.6 is 11.6 Å². The van der Waals surface area contributed by atoms with Crippen molar-refractivity contribution in [2.24, 2.45) is 0 Å². The molecule has 0 bridgehead atoms. The first-order valence-electron chi connectivity index (χ1n) is 5.48. The first-order chi connectivity index (χ1) is 8.22. The number of amides is 1. The van der Waals surface area contributed by atoms with Crippen molar-refractivity contribution in [3.8, 4) is 0 Å². The number of nitrogens with zero attached hydrogens (tertiary/aromatic N) is 3. The minimum absolute atomic E-state index is 0.0169. The maximum Gasteiger partial charge on any atom is 0.249 e. The summed E-state index contributed by atoms with van der Waals surface area (Å²) in [5, 5.41) is 0.355. The van der Waals surface area contributed by atoms with E-state index in [4.69, 9.17) is 16.3 Å². The summed E-state index contributed by atoms with van der Waals surface area (Å²) in [6, 6.07) is -0.0242. The smallest absolute Gasteiger partial charge is 0.249 e. The Kier molecular flexibility index (Phi) is 3.91. The first-order valence-corrected chi connectivity index (χ1v) is 5.86. The van der Waals surface area contributed by atoms with Gasteiger partial charge in [0.1, 0.15) is 11.8 Å². The van der Waals surface area contributed by atoms with Gasteiger partial charge in [0, 0.05) is 13.7 Å². The molecule has 2 rings (SSSR count). The van der Waals surface area contributed by atoms with Crippen LogP contribution in [0.4, 0.5) is 0 Å². The van der Waals surface area contributed by atoms with Gasteiger partial charge in [-0.2, -0.15) is 0 Å². The topological polar surface area (TPSA) is 55.3 Å². The fourth-order valence-corrected chi connectivity index (χ4v) is 2.25. The summed E-state index contributed by atoms with van der Waals surface area (Å²) in [6.07, 6.45) is 5.01. The Hall–Kier alpha value is -1.20. The van der Waals surface area contributed by atoms with E-state index in [-0.39, 0.29) is 18.6 Å². The molecule has 1 fully saturated rings. The van der Waals surface area contributed by atoms with Gasteiger partial charge in [0.05, 0.1) is 24.1 Å². The molecule has 0 spiro atoms. The van der Waals surface area contributed by atoms with Gasteiger partial charge >= 0.3 is 0 Å². The number of hydrogen-bond donors (Lipinski definition) is 0. The Morgan fingerprint density at radius 3 is 3.18 bits per heavy atom.